The van der Waals surface area contributed by atoms with Gasteiger partial charge in [-0.1, -0.05) is 44.2 Å². The van der Waals surface area contributed by atoms with Crippen LogP contribution in [0.4, 0.5) is 9.18 Å². The van der Waals surface area contributed by atoms with Gasteiger partial charge in [0, 0.05) is 22.2 Å². The van der Waals surface area contributed by atoms with Gasteiger partial charge in [-0.2, -0.15) is 9.78 Å². The first kappa shape index (κ1) is 29.3. The fourth-order valence-corrected chi connectivity index (χ4v) is 7.89. The summed E-state index contributed by atoms with van der Waals surface area (Å²) in [4.78, 5) is 25.5. The number of methoxy groups -OCH3 is 1. The number of rotatable bonds is 6. The summed E-state index contributed by atoms with van der Waals surface area (Å²) in [6.45, 7) is 8.24. The maximum Gasteiger partial charge on any atom is 0.435 e. The smallest absolute Gasteiger partial charge is 0.435 e. The zero-order chi connectivity index (χ0) is 31.6. The lowest BCUT2D eigenvalue weighted by molar-refractivity contribution is -0.159. The van der Waals surface area contributed by atoms with E-state index < -0.39 is 6.09 Å². The molecule has 2 saturated carbocycles. The normalized spacial score (nSPS) is 20.9. The topological polar surface area (TPSA) is 75.4 Å². The lowest BCUT2D eigenvalue weighted by Crippen LogP contribution is -2.49. The minimum Gasteiger partial charge on any atom is -0.469 e. The molecule has 5 aromatic rings. The van der Waals surface area contributed by atoms with Crippen molar-refractivity contribution in [2.45, 2.75) is 71.8 Å². The molecule has 1 spiro atoms. The van der Waals surface area contributed by atoms with Crippen LogP contribution in [0.25, 0.3) is 27.5 Å². The van der Waals surface area contributed by atoms with Crippen LogP contribution in [-0.4, -0.2) is 33.5 Å². The van der Waals surface area contributed by atoms with Crippen molar-refractivity contribution in [3.05, 3.63) is 94.6 Å². The van der Waals surface area contributed by atoms with Crippen LogP contribution in [0.5, 0.6) is 0 Å². The van der Waals surface area contributed by atoms with Crippen LogP contribution in [0.2, 0.25) is 0 Å². The third-order valence-corrected chi connectivity index (χ3v) is 10.0. The number of hydrogen-bond donors (Lipinski definition) is 0. The molecule has 0 N–H and O–H groups in total. The van der Waals surface area contributed by atoms with E-state index in [9.17, 15) is 14.0 Å². The fourth-order valence-electron chi connectivity index (χ4n) is 7.89. The highest BCUT2D eigenvalue weighted by Gasteiger charge is 2.56. The SMILES string of the molecule is COC(=O)C1CC2(C1)CC(c1c(C(C)C)n(-c3ccc(F)c(C)c3)c3cc4c(C)nn(C(=O)OCc5ccccc5)c4cc13)C2. The highest BCUT2D eigenvalue weighted by atomic mass is 19.1. The van der Waals surface area contributed by atoms with Crippen LogP contribution >= 0.6 is 0 Å². The molecule has 0 unspecified atom stereocenters. The quantitative estimate of drug-likeness (QED) is 0.181. The number of esters is 1. The molecule has 2 aliphatic rings. The molecule has 7 nitrogen and oxygen atoms in total. The third kappa shape index (κ3) is 4.82. The van der Waals surface area contributed by atoms with Crippen molar-refractivity contribution in [2.24, 2.45) is 11.3 Å². The molecule has 2 fully saturated rings. The first-order valence-corrected chi connectivity index (χ1v) is 15.7. The van der Waals surface area contributed by atoms with Crippen LogP contribution in [0, 0.1) is 31.0 Å². The van der Waals surface area contributed by atoms with Crippen LogP contribution in [0.1, 0.15) is 79.4 Å². The van der Waals surface area contributed by atoms with Crippen molar-refractivity contribution in [3.63, 3.8) is 0 Å². The summed E-state index contributed by atoms with van der Waals surface area (Å²) < 4.78 is 28.8. The van der Waals surface area contributed by atoms with E-state index >= 15 is 0 Å². The van der Waals surface area contributed by atoms with Crippen molar-refractivity contribution >= 4 is 33.9 Å². The molecule has 3 aromatic carbocycles. The molecule has 232 valence electrons. The fraction of sp³-hybridized carbons (Fsp3) is 0.378. The Labute approximate surface area is 261 Å². The Morgan fingerprint density at radius 1 is 0.978 bits per heavy atom. The molecule has 2 aromatic heterocycles. The predicted octanol–water partition coefficient (Wildman–Crippen LogP) is 8.49. The van der Waals surface area contributed by atoms with Gasteiger partial charge in [-0.3, -0.25) is 4.79 Å². The molecule has 45 heavy (non-hydrogen) atoms. The Kier molecular flexibility index (Phi) is 7.06. The number of benzene rings is 3. The summed E-state index contributed by atoms with van der Waals surface area (Å²) in [7, 11) is 1.46. The Bertz CT molecular complexity index is 1960. The molecule has 0 atom stereocenters. The maximum atomic E-state index is 14.4. The number of carbonyl (C=O) groups is 2. The Balaban J connectivity index is 1.36. The minimum absolute atomic E-state index is 0.0112. The van der Waals surface area contributed by atoms with Gasteiger partial charge in [-0.25, -0.2) is 9.18 Å². The number of ether oxygens (including phenoxy) is 2. The number of halogens is 1. The summed E-state index contributed by atoms with van der Waals surface area (Å²) in [5.74, 6) is 0.116. The average Bonchev–Trinajstić information content (AvgIpc) is 3.49. The molecular formula is C37H38FN3O4. The van der Waals surface area contributed by atoms with Gasteiger partial charge >= 0.3 is 12.1 Å². The summed E-state index contributed by atoms with van der Waals surface area (Å²) in [5, 5.41) is 6.55. The molecule has 7 rings (SSSR count). The molecule has 2 heterocycles. The summed E-state index contributed by atoms with van der Waals surface area (Å²) in [5.41, 5.74) is 7.45. The highest BCUT2D eigenvalue weighted by molar-refractivity contribution is 6.02. The number of hydrogen-bond acceptors (Lipinski definition) is 5. The van der Waals surface area contributed by atoms with Gasteiger partial charge < -0.3 is 14.0 Å². The number of carbonyl (C=O) groups excluding carboxylic acids is 2. The summed E-state index contributed by atoms with van der Waals surface area (Å²) >= 11 is 0. The first-order chi connectivity index (χ1) is 21.6. The lowest BCUT2D eigenvalue weighted by Gasteiger charge is -2.57. The molecule has 0 radical (unpaired) electrons. The predicted molar refractivity (Wildman–Crippen MR) is 171 cm³/mol. The maximum absolute atomic E-state index is 14.4. The van der Waals surface area contributed by atoms with E-state index in [0.717, 1.165) is 58.9 Å². The highest BCUT2D eigenvalue weighted by Crippen LogP contribution is 2.65. The molecular weight excluding hydrogens is 569 g/mol. The van der Waals surface area contributed by atoms with Crippen molar-refractivity contribution in [1.82, 2.24) is 14.3 Å². The Hall–Kier alpha value is -4.46. The number of fused-ring (bicyclic) bond motifs is 2. The monoisotopic (exact) mass is 607 g/mol. The average molecular weight is 608 g/mol. The van der Waals surface area contributed by atoms with Crippen LogP contribution in [-0.2, 0) is 20.9 Å². The zero-order valence-electron chi connectivity index (χ0n) is 26.4. The van der Waals surface area contributed by atoms with Gasteiger partial charge in [0.25, 0.3) is 0 Å². The van der Waals surface area contributed by atoms with Crippen molar-refractivity contribution in [2.75, 3.05) is 7.11 Å². The van der Waals surface area contributed by atoms with Gasteiger partial charge in [0.15, 0.2) is 0 Å². The lowest BCUT2D eigenvalue weighted by atomic mass is 9.47. The number of aromatic nitrogens is 3. The van der Waals surface area contributed by atoms with Crippen molar-refractivity contribution < 1.29 is 23.5 Å². The van der Waals surface area contributed by atoms with Gasteiger partial charge in [0.05, 0.1) is 29.8 Å². The molecule has 8 heteroatoms. The molecule has 0 aliphatic heterocycles. The molecule has 0 amide bonds. The van der Waals surface area contributed by atoms with E-state index in [0.29, 0.717) is 17.0 Å². The largest absolute Gasteiger partial charge is 0.469 e. The van der Waals surface area contributed by atoms with E-state index in [4.69, 9.17) is 9.47 Å². The molecule has 0 saturated heterocycles. The third-order valence-electron chi connectivity index (χ3n) is 10.0. The van der Waals surface area contributed by atoms with E-state index in [-0.39, 0.29) is 35.6 Å². The van der Waals surface area contributed by atoms with Crippen molar-refractivity contribution in [3.8, 4) is 5.69 Å². The van der Waals surface area contributed by atoms with Gasteiger partial charge in [-0.15, -0.1) is 0 Å². The van der Waals surface area contributed by atoms with Crippen LogP contribution < -0.4 is 0 Å². The van der Waals surface area contributed by atoms with E-state index in [1.807, 2.05) is 49.4 Å². The number of nitrogens with zero attached hydrogens (tertiary/aromatic N) is 3. The van der Waals surface area contributed by atoms with Gasteiger partial charge in [-0.05, 0) is 104 Å². The second-order valence-electron chi connectivity index (χ2n) is 13.4. The second kappa shape index (κ2) is 10.9. The Morgan fingerprint density at radius 3 is 2.36 bits per heavy atom. The van der Waals surface area contributed by atoms with Crippen molar-refractivity contribution in [1.29, 1.82) is 0 Å². The van der Waals surface area contributed by atoms with Gasteiger partial charge in [0.2, 0.25) is 0 Å². The summed E-state index contributed by atoms with van der Waals surface area (Å²) in [6, 6.07) is 19.1. The van der Waals surface area contributed by atoms with Crippen LogP contribution in [0.3, 0.4) is 0 Å². The Morgan fingerprint density at radius 2 is 1.69 bits per heavy atom. The summed E-state index contributed by atoms with van der Waals surface area (Å²) in [6.07, 6.45) is 3.20. The molecule has 2 aliphatic carbocycles. The van der Waals surface area contributed by atoms with E-state index in [2.05, 4.69) is 35.6 Å². The van der Waals surface area contributed by atoms with E-state index in [1.165, 1.54) is 29.1 Å². The van der Waals surface area contributed by atoms with E-state index in [1.54, 1.807) is 6.92 Å². The second-order valence-corrected chi connectivity index (χ2v) is 13.4. The van der Waals surface area contributed by atoms with Gasteiger partial charge in [0.1, 0.15) is 12.4 Å². The molecule has 0 bridgehead atoms. The van der Waals surface area contributed by atoms with Crippen LogP contribution in [0.15, 0.2) is 60.7 Å². The number of aryl methyl sites for hydroxylation is 2. The zero-order valence-corrected chi connectivity index (χ0v) is 26.4. The minimum atomic E-state index is -0.526. The standard InChI is InChI=1S/C37H38FN3O4/c1-21(2)34-33(25-16-37(17-25)18-26(19-37)35(42)44-5)29-15-32-28(14-31(29)40(34)27-11-12-30(38)22(3)13-27)23(4)39-41(32)36(43)45-20-24-9-7-6-8-10-24/h6-15,21,25-26H,16-20H2,1-5H3. The first-order valence-electron chi connectivity index (χ1n) is 15.7.